The highest BCUT2D eigenvalue weighted by molar-refractivity contribution is 6.06. The van der Waals surface area contributed by atoms with Crippen molar-refractivity contribution < 1.29 is 19.1 Å². The van der Waals surface area contributed by atoms with Crippen molar-refractivity contribution in [3.05, 3.63) is 59.7 Å². The van der Waals surface area contributed by atoms with Crippen LogP contribution in [0.2, 0.25) is 0 Å². The van der Waals surface area contributed by atoms with Gasteiger partial charge in [0, 0.05) is 28.4 Å². The van der Waals surface area contributed by atoms with Crippen LogP contribution in [0.25, 0.3) is 0 Å². The molecular formula is C23H26N2O4. The van der Waals surface area contributed by atoms with E-state index < -0.39 is 0 Å². The molecule has 0 atom stereocenters. The van der Waals surface area contributed by atoms with Crippen molar-refractivity contribution in [3.8, 4) is 11.5 Å². The van der Waals surface area contributed by atoms with Crippen molar-refractivity contribution in [1.82, 2.24) is 0 Å². The minimum Gasteiger partial charge on any atom is -0.493 e. The summed E-state index contributed by atoms with van der Waals surface area (Å²) in [6, 6.07) is 8.90. The van der Waals surface area contributed by atoms with E-state index >= 15 is 0 Å². The average Bonchev–Trinajstić information content (AvgIpc) is 3.55. The molecule has 2 aromatic rings. The lowest BCUT2D eigenvalue weighted by molar-refractivity contribution is -0.117. The predicted molar refractivity (Wildman–Crippen MR) is 114 cm³/mol. The van der Waals surface area contributed by atoms with E-state index in [9.17, 15) is 9.59 Å². The van der Waals surface area contributed by atoms with Gasteiger partial charge in [-0.2, -0.15) is 0 Å². The molecule has 2 N–H and O–H groups in total. The average molecular weight is 394 g/mol. The fraction of sp³-hybridized carbons (Fsp3) is 0.304. The van der Waals surface area contributed by atoms with Crippen LogP contribution >= 0.6 is 0 Å². The van der Waals surface area contributed by atoms with Crippen LogP contribution in [0, 0.1) is 12.8 Å². The third kappa shape index (κ3) is 4.77. The fourth-order valence-corrected chi connectivity index (χ4v) is 3.10. The summed E-state index contributed by atoms with van der Waals surface area (Å²) in [4.78, 5) is 24.9. The van der Waals surface area contributed by atoms with Crippen molar-refractivity contribution in [3.63, 3.8) is 0 Å². The Balaban J connectivity index is 1.84. The van der Waals surface area contributed by atoms with Crippen LogP contribution in [-0.4, -0.2) is 26.0 Å². The first kappa shape index (κ1) is 20.5. The van der Waals surface area contributed by atoms with E-state index in [-0.39, 0.29) is 17.7 Å². The summed E-state index contributed by atoms with van der Waals surface area (Å²) in [5.74, 6) is 0.943. The van der Waals surface area contributed by atoms with Crippen LogP contribution in [0.3, 0.4) is 0 Å². The molecule has 2 aromatic carbocycles. The Morgan fingerprint density at radius 3 is 2.52 bits per heavy atom. The van der Waals surface area contributed by atoms with Crippen molar-refractivity contribution in [2.24, 2.45) is 5.92 Å². The second-order valence-electron chi connectivity index (χ2n) is 7.11. The molecule has 0 aliphatic heterocycles. The molecule has 0 saturated heterocycles. The zero-order valence-corrected chi connectivity index (χ0v) is 17.0. The first-order chi connectivity index (χ1) is 14.0. The maximum absolute atomic E-state index is 12.9. The van der Waals surface area contributed by atoms with Gasteiger partial charge in [0.05, 0.1) is 14.2 Å². The third-order valence-electron chi connectivity index (χ3n) is 4.88. The standard InChI is InChI=1S/C23H26N2O4/c1-5-6-16-11-17(12-20(28-3)21(16)29-4)23(27)25-19-13-18(10-7-14(19)2)24-22(26)15-8-9-15/h5,7,10-13,15H,1,6,8-9H2,2-4H3,(H,24,26)(H,25,27). The summed E-state index contributed by atoms with van der Waals surface area (Å²) in [5, 5.41) is 5.84. The van der Waals surface area contributed by atoms with Crippen molar-refractivity contribution in [1.29, 1.82) is 0 Å². The highest BCUT2D eigenvalue weighted by atomic mass is 16.5. The van der Waals surface area contributed by atoms with Gasteiger partial charge in [-0.1, -0.05) is 12.1 Å². The Labute approximate surface area is 170 Å². The fourth-order valence-electron chi connectivity index (χ4n) is 3.10. The molecule has 1 fully saturated rings. The van der Waals surface area contributed by atoms with Gasteiger partial charge in [-0.15, -0.1) is 6.58 Å². The molecular weight excluding hydrogens is 368 g/mol. The number of hydrogen-bond donors (Lipinski definition) is 2. The van der Waals surface area contributed by atoms with E-state index in [1.807, 2.05) is 19.1 Å². The molecule has 6 heteroatoms. The van der Waals surface area contributed by atoms with Gasteiger partial charge in [0.2, 0.25) is 5.91 Å². The topological polar surface area (TPSA) is 76.7 Å². The molecule has 0 spiro atoms. The number of anilines is 2. The lowest BCUT2D eigenvalue weighted by Gasteiger charge is -2.15. The molecule has 0 radical (unpaired) electrons. The summed E-state index contributed by atoms with van der Waals surface area (Å²) >= 11 is 0. The number of carbonyl (C=O) groups is 2. The summed E-state index contributed by atoms with van der Waals surface area (Å²) in [7, 11) is 3.10. The Morgan fingerprint density at radius 1 is 1.14 bits per heavy atom. The van der Waals surface area contributed by atoms with Crippen LogP contribution in [0.4, 0.5) is 11.4 Å². The molecule has 1 aliphatic rings. The van der Waals surface area contributed by atoms with Crippen molar-refractivity contribution in [2.45, 2.75) is 26.2 Å². The number of aryl methyl sites for hydroxylation is 1. The van der Waals surface area contributed by atoms with Gasteiger partial charge >= 0.3 is 0 Å². The van der Waals surface area contributed by atoms with Crippen LogP contribution in [0.15, 0.2) is 43.0 Å². The molecule has 2 amide bonds. The highest BCUT2D eigenvalue weighted by Gasteiger charge is 2.29. The maximum Gasteiger partial charge on any atom is 0.255 e. The third-order valence-corrected chi connectivity index (χ3v) is 4.88. The van der Waals surface area contributed by atoms with Gasteiger partial charge < -0.3 is 20.1 Å². The Bertz CT molecular complexity index is 948. The van der Waals surface area contributed by atoms with E-state index in [1.165, 1.54) is 7.11 Å². The minimum atomic E-state index is -0.273. The number of nitrogens with one attached hydrogen (secondary N) is 2. The van der Waals surface area contributed by atoms with Crippen LogP contribution in [0.5, 0.6) is 11.5 Å². The van der Waals surface area contributed by atoms with Crippen molar-refractivity contribution >= 4 is 23.2 Å². The van der Waals surface area contributed by atoms with Crippen LogP contribution in [0.1, 0.15) is 34.3 Å². The molecule has 0 heterocycles. The van der Waals surface area contributed by atoms with Gasteiger partial charge in [0.25, 0.3) is 5.91 Å². The van der Waals surface area contributed by atoms with Gasteiger partial charge in [0.15, 0.2) is 11.5 Å². The smallest absolute Gasteiger partial charge is 0.255 e. The number of benzene rings is 2. The largest absolute Gasteiger partial charge is 0.493 e. The Hall–Kier alpha value is -3.28. The quantitative estimate of drug-likeness (QED) is 0.653. The van der Waals surface area contributed by atoms with Gasteiger partial charge in [-0.3, -0.25) is 9.59 Å². The Morgan fingerprint density at radius 2 is 1.90 bits per heavy atom. The number of rotatable bonds is 8. The van der Waals surface area contributed by atoms with Gasteiger partial charge in [0.1, 0.15) is 0 Å². The zero-order chi connectivity index (χ0) is 21.0. The maximum atomic E-state index is 12.9. The highest BCUT2D eigenvalue weighted by Crippen LogP contribution is 2.34. The lowest BCUT2D eigenvalue weighted by Crippen LogP contribution is -2.16. The molecule has 3 rings (SSSR count). The second kappa shape index (κ2) is 8.82. The number of ether oxygens (including phenoxy) is 2. The molecule has 1 saturated carbocycles. The summed E-state index contributed by atoms with van der Waals surface area (Å²) in [5.41, 5.74) is 3.47. The number of amides is 2. The molecule has 0 unspecified atom stereocenters. The number of carbonyl (C=O) groups excluding carboxylic acids is 2. The van der Waals surface area contributed by atoms with E-state index in [2.05, 4.69) is 17.2 Å². The number of methoxy groups -OCH3 is 2. The first-order valence-corrected chi connectivity index (χ1v) is 9.55. The van der Waals surface area contributed by atoms with E-state index in [0.717, 1.165) is 24.0 Å². The summed E-state index contributed by atoms with van der Waals surface area (Å²) in [6.45, 7) is 5.66. The molecule has 0 aromatic heterocycles. The SMILES string of the molecule is C=CCc1cc(C(=O)Nc2cc(NC(=O)C3CC3)ccc2C)cc(OC)c1OC. The molecule has 6 nitrogen and oxygen atoms in total. The number of allylic oxidation sites excluding steroid dienone is 1. The van der Waals surface area contributed by atoms with E-state index in [0.29, 0.717) is 34.9 Å². The van der Waals surface area contributed by atoms with Crippen LogP contribution < -0.4 is 20.1 Å². The molecule has 0 bridgehead atoms. The predicted octanol–water partition coefficient (Wildman–Crippen LogP) is 4.34. The zero-order valence-electron chi connectivity index (χ0n) is 17.0. The summed E-state index contributed by atoms with van der Waals surface area (Å²) in [6.07, 6.45) is 4.17. The number of hydrogen-bond acceptors (Lipinski definition) is 4. The van der Waals surface area contributed by atoms with Crippen molar-refractivity contribution in [2.75, 3.05) is 24.9 Å². The Kier molecular flexibility index (Phi) is 6.22. The monoisotopic (exact) mass is 394 g/mol. The van der Waals surface area contributed by atoms with Gasteiger partial charge in [-0.25, -0.2) is 0 Å². The normalized spacial score (nSPS) is 12.8. The molecule has 29 heavy (non-hydrogen) atoms. The molecule has 1 aliphatic carbocycles. The second-order valence-corrected chi connectivity index (χ2v) is 7.11. The van der Waals surface area contributed by atoms with Gasteiger partial charge in [-0.05, 0) is 56.0 Å². The lowest BCUT2D eigenvalue weighted by atomic mass is 10.0. The first-order valence-electron chi connectivity index (χ1n) is 9.55. The minimum absolute atomic E-state index is 0.0279. The van der Waals surface area contributed by atoms with Crippen LogP contribution in [-0.2, 0) is 11.2 Å². The van der Waals surface area contributed by atoms with E-state index in [1.54, 1.807) is 31.4 Å². The molecule has 152 valence electrons. The summed E-state index contributed by atoms with van der Waals surface area (Å²) < 4.78 is 10.8. The van der Waals surface area contributed by atoms with E-state index in [4.69, 9.17) is 9.47 Å².